The number of aryl methyl sites for hydroxylation is 1. The molecule has 20 heavy (non-hydrogen) atoms. The van der Waals surface area contributed by atoms with E-state index in [4.69, 9.17) is 10.8 Å². The van der Waals surface area contributed by atoms with Gasteiger partial charge in [-0.05, 0) is 13.0 Å². The van der Waals surface area contributed by atoms with E-state index in [2.05, 4.69) is 0 Å². The molecule has 0 fully saturated rings. The van der Waals surface area contributed by atoms with Crippen LogP contribution in [0.25, 0.3) is 10.9 Å². The topological polar surface area (TPSA) is 68.2 Å². The number of hydrogen-bond donors (Lipinski definition) is 2. The lowest BCUT2D eigenvalue weighted by Gasteiger charge is -2.11. The maximum Gasteiger partial charge on any atom is 0.418 e. The normalized spacial score (nSPS) is 13.7. The molecule has 1 aromatic heterocycles. The predicted octanol–water partition coefficient (Wildman–Crippen LogP) is 2.76. The van der Waals surface area contributed by atoms with Crippen LogP contribution in [0.4, 0.5) is 13.2 Å². The van der Waals surface area contributed by atoms with Gasteiger partial charge in [0.25, 0.3) is 0 Å². The molecule has 1 unspecified atom stereocenters. The van der Waals surface area contributed by atoms with E-state index in [0.29, 0.717) is 0 Å². The number of fused-ring (bicyclic) bond motifs is 1. The van der Waals surface area contributed by atoms with E-state index < -0.39 is 23.8 Å². The molecule has 108 valence electrons. The van der Waals surface area contributed by atoms with E-state index in [1.165, 1.54) is 22.9 Å². The van der Waals surface area contributed by atoms with Crippen molar-refractivity contribution in [3.8, 4) is 0 Å². The minimum absolute atomic E-state index is 0.0331. The van der Waals surface area contributed by atoms with Crippen molar-refractivity contribution >= 4 is 16.9 Å². The zero-order valence-electron chi connectivity index (χ0n) is 10.6. The number of carboxylic acids is 1. The summed E-state index contributed by atoms with van der Waals surface area (Å²) in [5.74, 6) is -1.28. The minimum atomic E-state index is -4.50. The Hall–Kier alpha value is -2.02. The van der Waals surface area contributed by atoms with E-state index >= 15 is 0 Å². The molecule has 1 aromatic carbocycles. The molecule has 0 aliphatic heterocycles. The monoisotopic (exact) mass is 286 g/mol. The smallest absolute Gasteiger partial charge is 0.418 e. The summed E-state index contributed by atoms with van der Waals surface area (Å²) in [6.07, 6.45) is -3.13. The third-order valence-corrected chi connectivity index (χ3v) is 3.18. The van der Waals surface area contributed by atoms with Gasteiger partial charge in [0.15, 0.2) is 0 Å². The average Bonchev–Trinajstić information content (AvgIpc) is 2.75. The molecule has 0 aliphatic carbocycles. The summed E-state index contributed by atoms with van der Waals surface area (Å²) in [6.45, 7) is 1.97. The van der Waals surface area contributed by atoms with Crippen molar-refractivity contribution in [2.75, 3.05) is 0 Å². The summed E-state index contributed by atoms with van der Waals surface area (Å²) >= 11 is 0. The third-order valence-electron chi connectivity index (χ3n) is 3.18. The van der Waals surface area contributed by atoms with Gasteiger partial charge in [-0.3, -0.25) is 4.79 Å². The first-order chi connectivity index (χ1) is 9.27. The molecule has 0 aliphatic rings. The van der Waals surface area contributed by atoms with Crippen LogP contribution in [0.2, 0.25) is 0 Å². The van der Waals surface area contributed by atoms with E-state index in [-0.39, 0.29) is 23.0 Å². The molecule has 2 aromatic rings. The Labute approximate surface area is 112 Å². The van der Waals surface area contributed by atoms with Gasteiger partial charge in [0.05, 0.1) is 11.1 Å². The van der Waals surface area contributed by atoms with Gasteiger partial charge in [-0.2, -0.15) is 13.2 Å². The Morgan fingerprint density at radius 3 is 2.60 bits per heavy atom. The van der Waals surface area contributed by atoms with Crippen molar-refractivity contribution in [1.29, 1.82) is 0 Å². The van der Waals surface area contributed by atoms with Crippen LogP contribution in [0.15, 0.2) is 24.4 Å². The van der Waals surface area contributed by atoms with Gasteiger partial charge in [-0.15, -0.1) is 0 Å². The molecule has 0 amide bonds. The Morgan fingerprint density at radius 1 is 1.45 bits per heavy atom. The van der Waals surface area contributed by atoms with Crippen LogP contribution in [-0.2, 0) is 17.5 Å². The molecule has 1 heterocycles. The molecule has 4 nitrogen and oxygen atoms in total. The molecule has 2 rings (SSSR count). The van der Waals surface area contributed by atoms with Gasteiger partial charge in [0.2, 0.25) is 0 Å². The maximum absolute atomic E-state index is 13.0. The number of para-hydroxylation sites is 1. The molecule has 7 heteroatoms. The van der Waals surface area contributed by atoms with Crippen LogP contribution in [0.5, 0.6) is 0 Å². The first-order valence-corrected chi connectivity index (χ1v) is 5.94. The van der Waals surface area contributed by atoms with Gasteiger partial charge in [-0.1, -0.05) is 12.1 Å². The third kappa shape index (κ3) is 2.24. The summed E-state index contributed by atoms with van der Waals surface area (Å²) in [5.41, 5.74) is 4.89. The van der Waals surface area contributed by atoms with Crippen LogP contribution in [0.3, 0.4) is 0 Å². The summed E-state index contributed by atoms with van der Waals surface area (Å²) < 4.78 is 40.5. The number of carboxylic acid groups (broad SMARTS) is 1. The standard InChI is InChI=1S/C13H13F3N2O2/c1-2-18-6-8(10(17)12(19)20)7-4-3-5-9(11(7)18)13(14,15)16/h3-6,10H,2,17H2,1H3,(H,19,20). The Kier molecular flexibility index (Phi) is 3.47. The highest BCUT2D eigenvalue weighted by atomic mass is 19.4. The second-order valence-electron chi connectivity index (χ2n) is 4.39. The Balaban J connectivity index is 2.80. The molecule has 0 radical (unpaired) electrons. The summed E-state index contributed by atoms with van der Waals surface area (Å²) in [4.78, 5) is 11.0. The van der Waals surface area contributed by atoms with Crippen molar-refractivity contribution in [2.45, 2.75) is 25.7 Å². The number of halogens is 3. The molecule has 0 saturated carbocycles. The van der Waals surface area contributed by atoms with Gasteiger partial charge in [-0.25, -0.2) is 0 Å². The maximum atomic E-state index is 13.0. The van der Waals surface area contributed by atoms with E-state index in [1.807, 2.05) is 0 Å². The molecular weight excluding hydrogens is 273 g/mol. The lowest BCUT2D eigenvalue weighted by Crippen LogP contribution is -2.20. The number of rotatable bonds is 3. The molecule has 0 saturated heterocycles. The Morgan fingerprint density at radius 2 is 2.10 bits per heavy atom. The van der Waals surface area contributed by atoms with Gasteiger partial charge < -0.3 is 15.4 Å². The fourth-order valence-electron chi connectivity index (χ4n) is 2.25. The number of alkyl halides is 3. The molecule has 0 spiro atoms. The van der Waals surface area contributed by atoms with E-state index in [0.717, 1.165) is 6.07 Å². The van der Waals surface area contributed by atoms with Crippen molar-refractivity contribution < 1.29 is 23.1 Å². The van der Waals surface area contributed by atoms with Gasteiger partial charge in [0, 0.05) is 23.7 Å². The summed E-state index contributed by atoms with van der Waals surface area (Å²) in [7, 11) is 0. The highest BCUT2D eigenvalue weighted by Gasteiger charge is 2.34. The number of aliphatic carboxylic acids is 1. The van der Waals surface area contributed by atoms with Crippen molar-refractivity contribution in [3.63, 3.8) is 0 Å². The fraction of sp³-hybridized carbons (Fsp3) is 0.308. The van der Waals surface area contributed by atoms with Crippen molar-refractivity contribution in [2.24, 2.45) is 5.73 Å². The quantitative estimate of drug-likeness (QED) is 0.911. The molecule has 0 bridgehead atoms. The van der Waals surface area contributed by atoms with Gasteiger partial charge >= 0.3 is 12.1 Å². The van der Waals surface area contributed by atoms with E-state index in [1.54, 1.807) is 6.92 Å². The number of carbonyl (C=O) groups is 1. The average molecular weight is 286 g/mol. The number of benzene rings is 1. The van der Waals surface area contributed by atoms with Crippen LogP contribution in [-0.4, -0.2) is 15.6 Å². The van der Waals surface area contributed by atoms with Gasteiger partial charge in [0.1, 0.15) is 6.04 Å². The van der Waals surface area contributed by atoms with Crippen LogP contribution < -0.4 is 5.73 Å². The zero-order valence-corrected chi connectivity index (χ0v) is 10.6. The zero-order chi connectivity index (χ0) is 15.1. The van der Waals surface area contributed by atoms with Crippen molar-refractivity contribution in [3.05, 3.63) is 35.5 Å². The summed E-state index contributed by atoms with van der Waals surface area (Å²) in [5, 5.41) is 9.17. The lowest BCUT2D eigenvalue weighted by molar-refractivity contribution is -0.138. The largest absolute Gasteiger partial charge is 0.480 e. The van der Waals surface area contributed by atoms with Crippen LogP contribution >= 0.6 is 0 Å². The Bertz CT molecular complexity index is 661. The number of hydrogen-bond acceptors (Lipinski definition) is 2. The predicted molar refractivity (Wildman–Crippen MR) is 67.2 cm³/mol. The lowest BCUT2D eigenvalue weighted by atomic mass is 10.0. The van der Waals surface area contributed by atoms with Crippen molar-refractivity contribution in [1.82, 2.24) is 4.57 Å². The fourth-order valence-corrected chi connectivity index (χ4v) is 2.25. The van der Waals surface area contributed by atoms with Crippen LogP contribution in [0, 0.1) is 0 Å². The summed E-state index contributed by atoms with van der Waals surface area (Å²) in [6, 6.07) is 2.33. The van der Waals surface area contributed by atoms with E-state index in [9.17, 15) is 18.0 Å². The number of nitrogens with zero attached hydrogens (tertiary/aromatic N) is 1. The van der Waals surface area contributed by atoms with Crippen LogP contribution in [0.1, 0.15) is 24.1 Å². The molecular formula is C13H13F3N2O2. The molecule has 1 atom stereocenters. The first-order valence-electron chi connectivity index (χ1n) is 5.94. The first kappa shape index (κ1) is 14.4. The molecule has 3 N–H and O–H groups in total. The number of aromatic nitrogens is 1. The highest BCUT2D eigenvalue weighted by molar-refractivity contribution is 5.91. The second kappa shape index (κ2) is 4.82. The minimum Gasteiger partial charge on any atom is -0.480 e. The number of nitrogens with two attached hydrogens (primary N) is 1. The second-order valence-corrected chi connectivity index (χ2v) is 4.39. The SMILES string of the molecule is CCn1cc(C(N)C(=O)O)c2cccc(C(F)(F)F)c21. The highest BCUT2D eigenvalue weighted by Crippen LogP contribution is 2.37.